The maximum atomic E-state index is 12.8. The molecule has 1 N–H and O–H groups in total. The minimum atomic E-state index is -1.05. The Kier molecular flexibility index (Phi) is 5.45. The summed E-state index contributed by atoms with van der Waals surface area (Å²) in [5.74, 6) is 1.26. The van der Waals surface area contributed by atoms with Gasteiger partial charge in [0.2, 0.25) is 0 Å². The molecule has 1 aliphatic heterocycles. The fourth-order valence-corrected chi connectivity index (χ4v) is 6.41. The zero-order valence-corrected chi connectivity index (χ0v) is 15.5. The van der Waals surface area contributed by atoms with Crippen LogP contribution in [0.15, 0.2) is 24.3 Å². The zero-order chi connectivity index (χ0) is 17.2. The number of amides is 1. The van der Waals surface area contributed by atoms with Gasteiger partial charge in [-0.25, -0.2) is 4.79 Å². The molecule has 1 aromatic rings. The highest BCUT2D eigenvalue weighted by Crippen LogP contribution is 2.45. The largest absolute Gasteiger partial charge is 0.479 e. The third-order valence-corrected chi connectivity index (χ3v) is 8.18. The van der Waals surface area contributed by atoms with E-state index in [1.54, 1.807) is 7.05 Å². The van der Waals surface area contributed by atoms with E-state index in [1.165, 1.54) is 22.0 Å². The Hall–Kier alpha value is -1.14. The molecule has 1 saturated heterocycles. The number of benzene rings is 1. The van der Waals surface area contributed by atoms with E-state index in [0.29, 0.717) is 23.0 Å². The maximum Gasteiger partial charge on any atom is 0.329 e. The lowest BCUT2D eigenvalue weighted by Crippen LogP contribution is -2.56. The highest BCUT2D eigenvalue weighted by atomic mass is 32.2. The Morgan fingerprint density at radius 2 is 1.67 bits per heavy atom. The summed E-state index contributed by atoms with van der Waals surface area (Å²) in [6.07, 6.45) is 3.84. The third-order valence-electron chi connectivity index (χ3n) is 5.08. The van der Waals surface area contributed by atoms with Crippen LogP contribution in [0.1, 0.15) is 52.6 Å². The summed E-state index contributed by atoms with van der Waals surface area (Å²) < 4.78 is 0.454. The van der Waals surface area contributed by atoms with Gasteiger partial charge in [0.15, 0.2) is 0 Å². The second-order valence-electron chi connectivity index (χ2n) is 6.46. The van der Waals surface area contributed by atoms with Crippen LogP contribution in [0, 0.1) is 0 Å². The van der Waals surface area contributed by atoms with Crippen molar-refractivity contribution in [3.63, 3.8) is 0 Å². The standard InChI is InChI=1S/C18H23NO3S2/c1-19(18(17(21)22)9-3-2-4-10-18)15(20)13-5-7-14(8-6-13)16-23-11-12-24-16/h5-8,16H,2-4,9-12H2,1H3,(H,21,22). The second-order valence-corrected chi connectivity index (χ2v) is 9.18. The molecule has 0 unspecified atom stereocenters. The quantitative estimate of drug-likeness (QED) is 0.873. The van der Waals surface area contributed by atoms with Crippen LogP contribution in [0.4, 0.5) is 0 Å². The fraction of sp³-hybridized carbons (Fsp3) is 0.556. The molecule has 1 saturated carbocycles. The molecule has 2 fully saturated rings. The lowest BCUT2D eigenvalue weighted by Gasteiger charge is -2.41. The molecule has 130 valence electrons. The SMILES string of the molecule is CN(C(=O)c1ccc(C2SCCS2)cc1)C1(C(=O)O)CCCCC1. The summed E-state index contributed by atoms with van der Waals surface area (Å²) in [6, 6.07) is 7.69. The summed E-state index contributed by atoms with van der Waals surface area (Å²) in [7, 11) is 1.64. The number of carbonyl (C=O) groups excluding carboxylic acids is 1. The molecule has 1 aliphatic carbocycles. The van der Waals surface area contributed by atoms with Crippen molar-refractivity contribution < 1.29 is 14.7 Å². The Bertz CT molecular complexity index is 605. The molecule has 1 aromatic carbocycles. The molecule has 0 atom stereocenters. The van der Waals surface area contributed by atoms with Crippen molar-refractivity contribution in [3.05, 3.63) is 35.4 Å². The van der Waals surface area contributed by atoms with Crippen molar-refractivity contribution in [3.8, 4) is 0 Å². The van der Waals surface area contributed by atoms with Gasteiger partial charge < -0.3 is 10.0 Å². The molecule has 1 amide bonds. The van der Waals surface area contributed by atoms with Gasteiger partial charge >= 0.3 is 5.97 Å². The molecule has 0 bridgehead atoms. The smallest absolute Gasteiger partial charge is 0.329 e. The van der Waals surface area contributed by atoms with Crippen LogP contribution in [0.5, 0.6) is 0 Å². The van der Waals surface area contributed by atoms with Gasteiger partial charge in [0.05, 0.1) is 4.58 Å². The van der Waals surface area contributed by atoms with Gasteiger partial charge in [0.25, 0.3) is 5.91 Å². The molecule has 6 heteroatoms. The van der Waals surface area contributed by atoms with Crippen LogP contribution in [-0.2, 0) is 4.79 Å². The van der Waals surface area contributed by atoms with E-state index in [4.69, 9.17) is 0 Å². The van der Waals surface area contributed by atoms with E-state index in [9.17, 15) is 14.7 Å². The number of nitrogens with zero attached hydrogens (tertiary/aromatic N) is 1. The van der Waals surface area contributed by atoms with Gasteiger partial charge in [-0.1, -0.05) is 31.4 Å². The van der Waals surface area contributed by atoms with Crippen LogP contribution in [0.2, 0.25) is 0 Å². The second kappa shape index (κ2) is 7.40. The number of hydrogen-bond acceptors (Lipinski definition) is 4. The summed E-state index contributed by atoms with van der Waals surface area (Å²) in [6.45, 7) is 0. The molecule has 1 heterocycles. The first-order chi connectivity index (χ1) is 11.5. The van der Waals surface area contributed by atoms with Gasteiger partial charge in [0.1, 0.15) is 5.54 Å². The number of carboxylic acid groups (broad SMARTS) is 1. The first-order valence-electron chi connectivity index (χ1n) is 8.39. The van der Waals surface area contributed by atoms with Gasteiger partial charge in [-0.05, 0) is 30.5 Å². The van der Waals surface area contributed by atoms with E-state index in [-0.39, 0.29) is 5.91 Å². The van der Waals surface area contributed by atoms with Gasteiger partial charge in [-0.3, -0.25) is 4.79 Å². The average molecular weight is 366 g/mol. The first-order valence-corrected chi connectivity index (χ1v) is 10.5. The predicted octanol–water partition coefficient (Wildman–Crippen LogP) is 4.02. The van der Waals surface area contributed by atoms with E-state index >= 15 is 0 Å². The monoisotopic (exact) mass is 365 g/mol. The van der Waals surface area contributed by atoms with Gasteiger partial charge in [0, 0.05) is 24.1 Å². The molecule has 2 aliphatic rings. The minimum absolute atomic E-state index is 0.197. The molecular formula is C18H23NO3S2. The van der Waals surface area contributed by atoms with Crippen molar-refractivity contribution in [1.82, 2.24) is 4.90 Å². The Morgan fingerprint density at radius 3 is 2.21 bits per heavy atom. The van der Waals surface area contributed by atoms with E-state index in [1.807, 2.05) is 47.8 Å². The van der Waals surface area contributed by atoms with Crippen molar-refractivity contribution in [1.29, 1.82) is 0 Å². The van der Waals surface area contributed by atoms with E-state index < -0.39 is 11.5 Å². The van der Waals surface area contributed by atoms with Crippen LogP contribution in [0.3, 0.4) is 0 Å². The molecule has 3 rings (SSSR count). The van der Waals surface area contributed by atoms with Crippen molar-refractivity contribution in [2.75, 3.05) is 18.6 Å². The van der Waals surface area contributed by atoms with Crippen LogP contribution < -0.4 is 0 Å². The lowest BCUT2D eigenvalue weighted by atomic mass is 9.80. The number of carbonyl (C=O) groups is 2. The first kappa shape index (κ1) is 17.7. The van der Waals surface area contributed by atoms with Crippen LogP contribution in [0.25, 0.3) is 0 Å². The van der Waals surface area contributed by atoms with Crippen LogP contribution in [-0.4, -0.2) is 46.0 Å². The van der Waals surface area contributed by atoms with E-state index in [0.717, 1.165) is 19.3 Å². The summed E-state index contributed by atoms with van der Waals surface area (Å²) in [4.78, 5) is 26.2. The van der Waals surface area contributed by atoms with E-state index in [2.05, 4.69) is 0 Å². The fourth-order valence-electron chi connectivity index (χ4n) is 3.55. The number of carboxylic acids is 1. The lowest BCUT2D eigenvalue weighted by molar-refractivity contribution is -0.151. The topological polar surface area (TPSA) is 57.6 Å². The number of rotatable bonds is 4. The molecular weight excluding hydrogens is 342 g/mol. The summed E-state index contributed by atoms with van der Waals surface area (Å²) in [5, 5.41) is 9.74. The number of hydrogen-bond donors (Lipinski definition) is 1. The molecule has 24 heavy (non-hydrogen) atoms. The Morgan fingerprint density at radius 1 is 1.08 bits per heavy atom. The molecule has 0 aromatic heterocycles. The molecule has 0 radical (unpaired) electrons. The molecule has 0 spiro atoms. The van der Waals surface area contributed by atoms with Crippen LogP contribution >= 0.6 is 23.5 Å². The maximum absolute atomic E-state index is 12.8. The van der Waals surface area contributed by atoms with Gasteiger partial charge in [-0.2, -0.15) is 0 Å². The summed E-state index contributed by atoms with van der Waals surface area (Å²) >= 11 is 3.86. The molecule has 4 nitrogen and oxygen atoms in total. The highest BCUT2D eigenvalue weighted by Gasteiger charge is 2.45. The zero-order valence-electron chi connectivity index (χ0n) is 13.9. The van der Waals surface area contributed by atoms with Crippen molar-refractivity contribution in [2.45, 2.75) is 42.2 Å². The predicted molar refractivity (Wildman–Crippen MR) is 99.6 cm³/mol. The average Bonchev–Trinajstić information content (AvgIpc) is 3.15. The number of likely N-dealkylation sites (N-methyl/N-ethyl adjacent to an activating group) is 1. The van der Waals surface area contributed by atoms with Crippen molar-refractivity contribution in [2.24, 2.45) is 0 Å². The summed E-state index contributed by atoms with van der Waals surface area (Å²) in [5.41, 5.74) is 0.748. The normalized spacial score (nSPS) is 20.7. The highest BCUT2D eigenvalue weighted by molar-refractivity contribution is 8.19. The third kappa shape index (κ3) is 3.31. The van der Waals surface area contributed by atoms with Gasteiger partial charge in [-0.15, -0.1) is 23.5 Å². The Balaban J connectivity index is 1.78. The Labute approximate surface area is 151 Å². The number of thioether (sulfide) groups is 2. The minimum Gasteiger partial charge on any atom is -0.479 e. The number of aliphatic carboxylic acids is 1. The van der Waals surface area contributed by atoms with Crippen molar-refractivity contribution >= 4 is 35.4 Å².